The number of rotatable bonds is 6. The lowest BCUT2D eigenvalue weighted by atomic mass is 10.1. The summed E-state index contributed by atoms with van der Waals surface area (Å²) in [6.07, 6.45) is -1.13. The number of carbonyl (C=O) groups excluding carboxylic acids is 3. The van der Waals surface area contributed by atoms with Crippen LogP contribution in [-0.4, -0.2) is 33.5 Å². The molecule has 0 aliphatic rings. The molecule has 7 heteroatoms. The van der Waals surface area contributed by atoms with Gasteiger partial charge in [-0.1, -0.05) is 36.4 Å². The van der Waals surface area contributed by atoms with Crippen LogP contribution in [0.5, 0.6) is 0 Å². The Morgan fingerprint density at radius 2 is 1.55 bits per heavy atom. The first-order valence-corrected chi connectivity index (χ1v) is 9.11. The minimum absolute atomic E-state index is 0.175. The highest BCUT2D eigenvalue weighted by molar-refractivity contribution is 6.41. The third kappa shape index (κ3) is 4.40. The number of amides is 1. The average molecular weight is 391 g/mol. The van der Waals surface area contributed by atoms with Crippen molar-refractivity contribution in [3.8, 4) is 5.69 Å². The normalized spacial score (nSPS) is 11.6. The second-order valence-corrected chi connectivity index (χ2v) is 6.53. The van der Waals surface area contributed by atoms with Gasteiger partial charge in [0.15, 0.2) is 6.10 Å². The van der Waals surface area contributed by atoms with E-state index in [1.807, 2.05) is 36.4 Å². The Balaban J connectivity index is 1.73. The van der Waals surface area contributed by atoms with Gasteiger partial charge in [-0.25, -0.2) is 9.48 Å². The van der Waals surface area contributed by atoms with E-state index in [4.69, 9.17) is 4.74 Å². The van der Waals surface area contributed by atoms with Crippen LogP contribution in [-0.2, 0) is 14.3 Å². The molecule has 0 saturated heterocycles. The van der Waals surface area contributed by atoms with Crippen molar-refractivity contribution >= 4 is 23.3 Å². The maximum Gasteiger partial charge on any atom is 0.380 e. The molecule has 0 bridgehead atoms. The summed E-state index contributed by atoms with van der Waals surface area (Å²) in [5, 5.41) is 6.99. The number of ether oxygens (including phenoxy) is 1. The first-order valence-electron chi connectivity index (χ1n) is 9.11. The number of anilines is 1. The summed E-state index contributed by atoms with van der Waals surface area (Å²) < 4.78 is 6.69. The standard InChI is InChI=1S/C22H21N3O4/c1-14-19(15(2)25(24-14)18-12-8-5-9-13-18)20(26)22(28)29-16(3)21(27)23-17-10-6-4-7-11-17/h4-13,16H,1-3H3,(H,23,27). The number of nitrogens with zero attached hydrogens (tertiary/aromatic N) is 2. The molecule has 1 heterocycles. The summed E-state index contributed by atoms with van der Waals surface area (Å²) >= 11 is 0. The van der Waals surface area contributed by atoms with Crippen molar-refractivity contribution in [1.29, 1.82) is 0 Å². The molecule has 1 aromatic heterocycles. The molecular formula is C22H21N3O4. The summed E-state index contributed by atoms with van der Waals surface area (Å²) in [5.74, 6) is -2.45. The predicted octanol–water partition coefficient (Wildman–Crippen LogP) is 3.24. The molecule has 0 aliphatic heterocycles. The van der Waals surface area contributed by atoms with E-state index in [1.54, 1.807) is 42.8 Å². The summed E-state index contributed by atoms with van der Waals surface area (Å²) in [6, 6.07) is 18.1. The quantitative estimate of drug-likeness (QED) is 0.396. The van der Waals surface area contributed by atoms with Crippen molar-refractivity contribution in [2.45, 2.75) is 26.9 Å². The molecule has 3 aromatic rings. The molecule has 0 radical (unpaired) electrons. The monoisotopic (exact) mass is 391 g/mol. The molecule has 3 rings (SSSR count). The van der Waals surface area contributed by atoms with Gasteiger partial charge in [0.2, 0.25) is 0 Å². The second-order valence-electron chi connectivity index (χ2n) is 6.53. The van der Waals surface area contributed by atoms with Gasteiger partial charge in [-0.3, -0.25) is 9.59 Å². The molecule has 0 aliphatic carbocycles. The van der Waals surface area contributed by atoms with Gasteiger partial charge < -0.3 is 10.1 Å². The van der Waals surface area contributed by atoms with Crippen molar-refractivity contribution in [3.63, 3.8) is 0 Å². The Hall–Kier alpha value is -3.74. The predicted molar refractivity (Wildman–Crippen MR) is 108 cm³/mol. The van der Waals surface area contributed by atoms with Crippen molar-refractivity contribution < 1.29 is 19.1 Å². The third-order valence-corrected chi connectivity index (χ3v) is 4.40. The fourth-order valence-electron chi connectivity index (χ4n) is 2.93. The molecule has 7 nitrogen and oxygen atoms in total. The van der Waals surface area contributed by atoms with Crippen molar-refractivity contribution in [2.24, 2.45) is 0 Å². The molecule has 1 amide bonds. The molecular weight excluding hydrogens is 370 g/mol. The lowest BCUT2D eigenvalue weighted by Crippen LogP contribution is -2.32. The minimum Gasteiger partial charge on any atom is -0.447 e. The van der Waals surface area contributed by atoms with Crippen molar-refractivity contribution in [3.05, 3.63) is 77.6 Å². The number of aromatic nitrogens is 2. The average Bonchev–Trinajstić information content (AvgIpc) is 3.02. The van der Waals surface area contributed by atoms with Gasteiger partial charge in [-0.15, -0.1) is 0 Å². The minimum atomic E-state index is -1.13. The number of benzene rings is 2. The molecule has 1 unspecified atom stereocenters. The molecule has 148 valence electrons. The van der Waals surface area contributed by atoms with Crippen molar-refractivity contribution in [1.82, 2.24) is 9.78 Å². The first-order chi connectivity index (χ1) is 13.9. The molecule has 29 heavy (non-hydrogen) atoms. The van der Waals surface area contributed by atoms with Crippen LogP contribution in [0.15, 0.2) is 60.7 Å². The molecule has 0 fully saturated rings. The summed E-state index contributed by atoms with van der Waals surface area (Å²) in [6.45, 7) is 4.77. The van der Waals surface area contributed by atoms with Crippen LogP contribution >= 0.6 is 0 Å². The van der Waals surface area contributed by atoms with E-state index in [-0.39, 0.29) is 5.56 Å². The number of hydrogen-bond acceptors (Lipinski definition) is 5. The fraction of sp³-hybridized carbons (Fsp3) is 0.182. The van der Waals surface area contributed by atoms with E-state index in [9.17, 15) is 14.4 Å². The highest BCUT2D eigenvalue weighted by Gasteiger charge is 2.29. The Morgan fingerprint density at radius 3 is 2.17 bits per heavy atom. The topological polar surface area (TPSA) is 90.3 Å². The van der Waals surface area contributed by atoms with E-state index in [2.05, 4.69) is 10.4 Å². The Morgan fingerprint density at radius 1 is 0.966 bits per heavy atom. The fourth-order valence-corrected chi connectivity index (χ4v) is 2.93. The maximum atomic E-state index is 12.7. The highest BCUT2D eigenvalue weighted by atomic mass is 16.6. The molecule has 1 N–H and O–H groups in total. The number of Topliss-reactive ketones (excluding diaryl/α,β-unsaturated/α-hetero) is 1. The van der Waals surface area contributed by atoms with Gasteiger partial charge in [0, 0.05) is 5.69 Å². The SMILES string of the molecule is Cc1nn(-c2ccccc2)c(C)c1C(=O)C(=O)OC(C)C(=O)Nc1ccccc1. The lowest BCUT2D eigenvalue weighted by Gasteiger charge is -2.13. The first kappa shape index (κ1) is 20.0. The number of ketones is 1. The number of carbonyl (C=O) groups is 3. The zero-order valence-corrected chi connectivity index (χ0v) is 16.4. The van der Waals surface area contributed by atoms with E-state index in [0.29, 0.717) is 17.1 Å². The molecule has 0 saturated carbocycles. The molecule has 1 atom stereocenters. The Bertz CT molecular complexity index is 1040. The zero-order chi connectivity index (χ0) is 21.0. The van der Waals surface area contributed by atoms with Crippen LogP contribution < -0.4 is 5.32 Å². The van der Waals surface area contributed by atoms with E-state index < -0.39 is 23.8 Å². The van der Waals surface area contributed by atoms with Gasteiger partial charge in [-0.2, -0.15) is 5.10 Å². The van der Waals surface area contributed by atoms with Gasteiger partial charge in [-0.05, 0) is 45.0 Å². The van der Waals surface area contributed by atoms with Crippen LogP contribution in [0.2, 0.25) is 0 Å². The van der Waals surface area contributed by atoms with Crippen LogP contribution in [0.1, 0.15) is 28.7 Å². The van der Waals surface area contributed by atoms with Crippen LogP contribution in [0.3, 0.4) is 0 Å². The molecule has 0 spiro atoms. The highest BCUT2D eigenvalue weighted by Crippen LogP contribution is 2.19. The summed E-state index contributed by atoms with van der Waals surface area (Å²) in [7, 11) is 0. The largest absolute Gasteiger partial charge is 0.447 e. The van der Waals surface area contributed by atoms with E-state index >= 15 is 0 Å². The smallest absolute Gasteiger partial charge is 0.380 e. The Labute approximate surface area is 168 Å². The zero-order valence-electron chi connectivity index (χ0n) is 16.4. The number of aryl methyl sites for hydroxylation is 1. The van der Waals surface area contributed by atoms with E-state index in [0.717, 1.165) is 5.69 Å². The third-order valence-electron chi connectivity index (χ3n) is 4.40. The lowest BCUT2D eigenvalue weighted by molar-refractivity contribution is -0.148. The molecule has 2 aromatic carbocycles. The number of nitrogens with one attached hydrogen (secondary N) is 1. The number of hydrogen-bond donors (Lipinski definition) is 1. The second kappa shape index (κ2) is 8.52. The van der Waals surface area contributed by atoms with Crippen LogP contribution in [0.25, 0.3) is 5.69 Å². The van der Waals surface area contributed by atoms with Gasteiger partial charge >= 0.3 is 5.97 Å². The number of para-hydroxylation sites is 2. The van der Waals surface area contributed by atoms with Gasteiger partial charge in [0.1, 0.15) is 0 Å². The van der Waals surface area contributed by atoms with Crippen LogP contribution in [0, 0.1) is 13.8 Å². The van der Waals surface area contributed by atoms with E-state index in [1.165, 1.54) is 6.92 Å². The Kier molecular flexibility index (Phi) is 5.87. The maximum absolute atomic E-state index is 12.7. The van der Waals surface area contributed by atoms with Crippen molar-refractivity contribution in [2.75, 3.05) is 5.32 Å². The summed E-state index contributed by atoms with van der Waals surface area (Å²) in [5.41, 5.74) is 2.46. The van der Waals surface area contributed by atoms with Gasteiger partial charge in [0.25, 0.3) is 11.7 Å². The summed E-state index contributed by atoms with van der Waals surface area (Å²) in [4.78, 5) is 37.3. The number of esters is 1. The van der Waals surface area contributed by atoms with Crippen LogP contribution in [0.4, 0.5) is 5.69 Å². The van der Waals surface area contributed by atoms with Gasteiger partial charge in [0.05, 0.1) is 22.6 Å².